The molecule has 0 spiro atoms. The lowest BCUT2D eigenvalue weighted by atomic mass is 9.98. The van der Waals surface area contributed by atoms with Crippen molar-refractivity contribution in [1.82, 2.24) is 0 Å². The van der Waals surface area contributed by atoms with E-state index in [4.69, 9.17) is 9.84 Å². The number of carboxylic acids is 1. The van der Waals surface area contributed by atoms with Gasteiger partial charge in [0.2, 0.25) is 0 Å². The van der Waals surface area contributed by atoms with E-state index in [1.807, 2.05) is 12.1 Å². The van der Waals surface area contributed by atoms with Crippen LogP contribution < -0.4 is 0 Å². The Morgan fingerprint density at radius 2 is 2.17 bits per heavy atom. The van der Waals surface area contributed by atoms with E-state index in [9.17, 15) is 4.79 Å². The van der Waals surface area contributed by atoms with Gasteiger partial charge in [0.1, 0.15) is 0 Å². The molecule has 0 amide bonds. The van der Waals surface area contributed by atoms with Gasteiger partial charge in [-0.05, 0) is 31.1 Å². The van der Waals surface area contributed by atoms with Crippen LogP contribution in [0.2, 0.25) is 0 Å². The number of aliphatic carboxylic acids is 1. The van der Waals surface area contributed by atoms with E-state index in [-0.39, 0.29) is 0 Å². The highest BCUT2D eigenvalue weighted by Gasteiger charge is 2.13. The minimum Gasteiger partial charge on any atom is -0.478 e. The molecule has 1 saturated carbocycles. The molecule has 0 atom stereocenters. The summed E-state index contributed by atoms with van der Waals surface area (Å²) in [6, 6.07) is 3.94. The van der Waals surface area contributed by atoms with Crippen LogP contribution in [0.25, 0.3) is 6.08 Å². The molecule has 1 N–H and O–H groups in total. The molecule has 1 aliphatic carbocycles. The van der Waals surface area contributed by atoms with Crippen LogP contribution in [0.5, 0.6) is 0 Å². The Morgan fingerprint density at radius 1 is 1.39 bits per heavy atom. The summed E-state index contributed by atoms with van der Waals surface area (Å²) < 4.78 is 5.88. The van der Waals surface area contributed by atoms with Crippen molar-refractivity contribution in [2.24, 2.45) is 0 Å². The zero-order chi connectivity index (χ0) is 12.8. The summed E-state index contributed by atoms with van der Waals surface area (Å²) in [6.07, 6.45) is 9.45. The topological polar surface area (TPSA) is 46.5 Å². The first kappa shape index (κ1) is 13.3. The van der Waals surface area contributed by atoms with Gasteiger partial charge in [-0.3, -0.25) is 0 Å². The van der Waals surface area contributed by atoms with Crippen LogP contribution in [0.15, 0.2) is 18.2 Å². The van der Waals surface area contributed by atoms with Gasteiger partial charge < -0.3 is 9.84 Å². The van der Waals surface area contributed by atoms with E-state index in [0.717, 1.165) is 15.8 Å². The van der Waals surface area contributed by atoms with E-state index < -0.39 is 5.97 Å². The lowest BCUT2D eigenvalue weighted by Gasteiger charge is -2.21. The SMILES string of the molecule is O=C(O)C=Cc1ccc(COC2CCCCC2)s1. The van der Waals surface area contributed by atoms with Gasteiger partial charge in [0, 0.05) is 15.8 Å². The lowest BCUT2D eigenvalue weighted by molar-refractivity contribution is -0.131. The fourth-order valence-electron chi connectivity index (χ4n) is 2.15. The summed E-state index contributed by atoms with van der Waals surface area (Å²) in [6.45, 7) is 0.649. The summed E-state index contributed by atoms with van der Waals surface area (Å²) in [5.41, 5.74) is 0. The van der Waals surface area contributed by atoms with Gasteiger partial charge in [0.25, 0.3) is 0 Å². The summed E-state index contributed by atoms with van der Waals surface area (Å²) in [4.78, 5) is 12.5. The van der Waals surface area contributed by atoms with Crippen molar-refractivity contribution in [3.63, 3.8) is 0 Å². The molecule has 0 saturated heterocycles. The number of thiophene rings is 1. The Morgan fingerprint density at radius 3 is 2.89 bits per heavy atom. The van der Waals surface area contributed by atoms with Gasteiger partial charge in [0.15, 0.2) is 0 Å². The Bertz CT molecular complexity index is 416. The Kier molecular flexibility index (Phi) is 4.96. The summed E-state index contributed by atoms with van der Waals surface area (Å²) in [5.74, 6) is -0.914. The molecule has 1 fully saturated rings. The molecule has 3 nitrogen and oxygen atoms in total. The van der Waals surface area contributed by atoms with E-state index in [0.29, 0.717) is 12.7 Å². The second kappa shape index (κ2) is 6.71. The average Bonchev–Trinajstić information content (AvgIpc) is 2.83. The lowest BCUT2D eigenvalue weighted by Crippen LogP contribution is -2.15. The number of rotatable bonds is 5. The number of hydrogen-bond donors (Lipinski definition) is 1. The minimum absolute atomic E-state index is 0.416. The molecular formula is C14H18O3S. The maximum atomic E-state index is 10.4. The van der Waals surface area contributed by atoms with Crippen molar-refractivity contribution in [3.8, 4) is 0 Å². The van der Waals surface area contributed by atoms with Gasteiger partial charge in [-0.2, -0.15) is 0 Å². The normalized spacial score (nSPS) is 17.3. The summed E-state index contributed by atoms with van der Waals surface area (Å²) in [7, 11) is 0. The molecule has 0 aromatic carbocycles. The van der Waals surface area contributed by atoms with Gasteiger partial charge in [0.05, 0.1) is 12.7 Å². The number of carbonyl (C=O) groups is 1. The quantitative estimate of drug-likeness (QED) is 0.827. The Hall–Kier alpha value is -1.13. The van der Waals surface area contributed by atoms with Crippen molar-refractivity contribution >= 4 is 23.4 Å². The second-order valence-corrected chi connectivity index (χ2v) is 5.75. The van der Waals surface area contributed by atoms with Crippen molar-refractivity contribution in [3.05, 3.63) is 28.0 Å². The van der Waals surface area contributed by atoms with Crippen LogP contribution in [0, 0.1) is 0 Å². The maximum Gasteiger partial charge on any atom is 0.328 e. The van der Waals surface area contributed by atoms with E-state index in [1.165, 1.54) is 32.1 Å². The Labute approximate surface area is 111 Å². The Balaban J connectivity index is 1.80. The summed E-state index contributed by atoms with van der Waals surface area (Å²) >= 11 is 1.59. The van der Waals surface area contributed by atoms with Crippen molar-refractivity contribution in [2.45, 2.75) is 44.8 Å². The van der Waals surface area contributed by atoms with Gasteiger partial charge in [-0.15, -0.1) is 11.3 Å². The van der Waals surface area contributed by atoms with Crippen LogP contribution in [0.3, 0.4) is 0 Å². The molecular weight excluding hydrogens is 248 g/mol. The third-order valence-corrected chi connectivity index (χ3v) is 4.11. The zero-order valence-corrected chi connectivity index (χ0v) is 11.1. The molecule has 18 heavy (non-hydrogen) atoms. The largest absolute Gasteiger partial charge is 0.478 e. The second-order valence-electron chi connectivity index (χ2n) is 4.55. The van der Waals surface area contributed by atoms with Crippen molar-refractivity contribution < 1.29 is 14.6 Å². The molecule has 0 unspecified atom stereocenters. The molecule has 98 valence electrons. The zero-order valence-electron chi connectivity index (χ0n) is 10.3. The third-order valence-electron chi connectivity index (χ3n) is 3.09. The van der Waals surface area contributed by atoms with Crippen LogP contribution in [-0.4, -0.2) is 17.2 Å². The molecule has 0 radical (unpaired) electrons. The third kappa shape index (κ3) is 4.27. The van der Waals surface area contributed by atoms with E-state index in [2.05, 4.69) is 0 Å². The van der Waals surface area contributed by atoms with Gasteiger partial charge >= 0.3 is 5.97 Å². The number of hydrogen-bond acceptors (Lipinski definition) is 3. The molecule has 1 heterocycles. The highest BCUT2D eigenvalue weighted by Crippen LogP contribution is 2.24. The molecule has 4 heteroatoms. The highest BCUT2D eigenvalue weighted by atomic mass is 32.1. The fourth-order valence-corrected chi connectivity index (χ4v) is 2.98. The minimum atomic E-state index is -0.914. The molecule has 0 aliphatic heterocycles. The smallest absolute Gasteiger partial charge is 0.328 e. The predicted molar refractivity (Wildman–Crippen MR) is 72.7 cm³/mol. The van der Waals surface area contributed by atoms with Crippen LogP contribution in [-0.2, 0) is 16.1 Å². The monoisotopic (exact) mass is 266 g/mol. The predicted octanol–water partition coefficient (Wildman–Crippen LogP) is 3.70. The molecule has 0 bridgehead atoms. The average molecular weight is 266 g/mol. The first-order chi connectivity index (χ1) is 8.74. The number of carboxylic acid groups (broad SMARTS) is 1. The standard InChI is InChI=1S/C14H18O3S/c15-14(16)9-8-12-6-7-13(18-12)10-17-11-4-2-1-3-5-11/h6-9,11H,1-5,10H2,(H,15,16). The molecule has 1 aromatic heterocycles. The molecule has 1 aliphatic rings. The van der Waals surface area contributed by atoms with E-state index >= 15 is 0 Å². The van der Waals surface area contributed by atoms with Crippen molar-refractivity contribution in [2.75, 3.05) is 0 Å². The van der Waals surface area contributed by atoms with Gasteiger partial charge in [-0.25, -0.2) is 4.79 Å². The van der Waals surface area contributed by atoms with Gasteiger partial charge in [-0.1, -0.05) is 19.3 Å². The van der Waals surface area contributed by atoms with E-state index in [1.54, 1.807) is 17.4 Å². The first-order valence-electron chi connectivity index (χ1n) is 6.35. The van der Waals surface area contributed by atoms with Crippen LogP contribution in [0.1, 0.15) is 41.9 Å². The maximum absolute atomic E-state index is 10.4. The van der Waals surface area contributed by atoms with Crippen LogP contribution in [0.4, 0.5) is 0 Å². The molecule has 1 aromatic rings. The highest BCUT2D eigenvalue weighted by molar-refractivity contribution is 7.12. The van der Waals surface area contributed by atoms with Crippen LogP contribution >= 0.6 is 11.3 Å². The van der Waals surface area contributed by atoms with Crippen molar-refractivity contribution in [1.29, 1.82) is 0 Å². The number of ether oxygens (including phenoxy) is 1. The first-order valence-corrected chi connectivity index (χ1v) is 7.17. The molecule has 2 rings (SSSR count). The fraction of sp³-hybridized carbons (Fsp3) is 0.500. The summed E-state index contributed by atoms with van der Waals surface area (Å²) in [5, 5.41) is 8.55.